The Kier molecular flexibility index (Phi) is 3.71. The summed E-state index contributed by atoms with van der Waals surface area (Å²) in [7, 11) is 0. The SMILES string of the molecule is C[C@H]1C[C@](CN)(CC(=O)O)C[C@@H]1c1ccccc1. The van der Waals surface area contributed by atoms with E-state index in [4.69, 9.17) is 10.8 Å². The van der Waals surface area contributed by atoms with E-state index in [1.54, 1.807) is 0 Å². The number of aliphatic carboxylic acids is 1. The molecule has 1 fully saturated rings. The molecule has 1 aliphatic carbocycles. The molecule has 1 aromatic rings. The maximum Gasteiger partial charge on any atom is 0.303 e. The van der Waals surface area contributed by atoms with E-state index in [2.05, 4.69) is 19.1 Å². The van der Waals surface area contributed by atoms with Gasteiger partial charge in [-0.05, 0) is 42.2 Å². The van der Waals surface area contributed by atoms with Crippen molar-refractivity contribution < 1.29 is 9.90 Å². The maximum atomic E-state index is 11.0. The summed E-state index contributed by atoms with van der Waals surface area (Å²) in [5.41, 5.74) is 6.95. The monoisotopic (exact) mass is 247 g/mol. The third-order valence-electron chi connectivity index (χ3n) is 4.28. The molecule has 0 amide bonds. The van der Waals surface area contributed by atoms with E-state index in [9.17, 15) is 4.79 Å². The Morgan fingerprint density at radius 3 is 2.61 bits per heavy atom. The molecular formula is C15H21NO2. The van der Waals surface area contributed by atoms with Crippen LogP contribution in [0.1, 0.15) is 37.7 Å². The molecule has 0 aliphatic heterocycles. The highest BCUT2D eigenvalue weighted by Gasteiger charge is 2.44. The standard InChI is InChI=1S/C15H21NO2/c1-11-7-15(10-16,9-14(17)18)8-13(11)12-5-3-2-4-6-12/h2-6,11,13H,7-10,16H2,1H3,(H,17,18)/t11-,13-,15+/m0/s1. The van der Waals surface area contributed by atoms with Gasteiger partial charge in [0.1, 0.15) is 0 Å². The van der Waals surface area contributed by atoms with Crippen molar-refractivity contribution in [3.8, 4) is 0 Å². The first-order valence-electron chi connectivity index (χ1n) is 6.53. The molecule has 98 valence electrons. The minimum absolute atomic E-state index is 0.192. The van der Waals surface area contributed by atoms with Crippen LogP contribution >= 0.6 is 0 Å². The van der Waals surface area contributed by atoms with Crippen LogP contribution in [0.25, 0.3) is 0 Å². The first-order chi connectivity index (χ1) is 8.56. The van der Waals surface area contributed by atoms with E-state index in [0.29, 0.717) is 18.4 Å². The molecule has 0 radical (unpaired) electrons. The average Bonchev–Trinajstić information content (AvgIpc) is 2.67. The zero-order chi connectivity index (χ0) is 13.2. The second-order valence-corrected chi connectivity index (χ2v) is 5.68. The van der Waals surface area contributed by atoms with Gasteiger partial charge in [0.2, 0.25) is 0 Å². The number of hydrogen-bond acceptors (Lipinski definition) is 2. The predicted octanol–water partition coefficient (Wildman–Crippen LogP) is 2.62. The third kappa shape index (κ3) is 2.56. The van der Waals surface area contributed by atoms with Gasteiger partial charge in [-0.3, -0.25) is 4.79 Å². The number of benzene rings is 1. The molecule has 1 saturated carbocycles. The van der Waals surface area contributed by atoms with Crippen LogP contribution in [-0.4, -0.2) is 17.6 Å². The van der Waals surface area contributed by atoms with Gasteiger partial charge in [0.05, 0.1) is 6.42 Å². The summed E-state index contributed by atoms with van der Waals surface area (Å²) in [6.45, 7) is 2.67. The number of carboxylic acids is 1. The largest absolute Gasteiger partial charge is 0.481 e. The predicted molar refractivity (Wildman–Crippen MR) is 71.3 cm³/mol. The summed E-state index contributed by atoms with van der Waals surface area (Å²) < 4.78 is 0. The lowest BCUT2D eigenvalue weighted by atomic mass is 9.81. The fraction of sp³-hybridized carbons (Fsp3) is 0.533. The van der Waals surface area contributed by atoms with Gasteiger partial charge in [0.25, 0.3) is 0 Å². The van der Waals surface area contributed by atoms with Gasteiger partial charge >= 0.3 is 5.97 Å². The smallest absolute Gasteiger partial charge is 0.303 e. The Labute approximate surface area is 108 Å². The van der Waals surface area contributed by atoms with Crippen LogP contribution in [0.2, 0.25) is 0 Å². The van der Waals surface area contributed by atoms with Gasteiger partial charge in [0, 0.05) is 0 Å². The van der Waals surface area contributed by atoms with Crippen LogP contribution in [0.3, 0.4) is 0 Å². The van der Waals surface area contributed by atoms with E-state index in [-0.39, 0.29) is 11.8 Å². The highest BCUT2D eigenvalue weighted by atomic mass is 16.4. The van der Waals surface area contributed by atoms with Crippen molar-refractivity contribution >= 4 is 5.97 Å². The van der Waals surface area contributed by atoms with E-state index in [1.807, 2.05) is 18.2 Å². The van der Waals surface area contributed by atoms with E-state index < -0.39 is 5.97 Å². The fourth-order valence-corrected chi connectivity index (χ4v) is 3.43. The van der Waals surface area contributed by atoms with E-state index in [0.717, 1.165) is 12.8 Å². The van der Waals surface area contributed by atoms with Gasteiger partial charge in [0.15, 0.2) is 0 Å². The van der Waals surface area contributed by atoms with Crippen LogP contribution in [-0.2, 0) is 4.79 Å². The lowest BCUT2D eigenvalue weighted by Crippen LogP contribution is -2.30. The van der Waals surface area contributed by atoms with Crippen molar-refractivity contribution in [1.29, 1.82) is 0 Å². The zero-order valence-electron chi connectivity index (χ0n) is 10.8. The molecule has 3 nitrogen and oxygen atoms in total. The number of nitrogens with two attached hydrogens (primary N) is 1. The quantitative estimate of drug-likeness (QED) is 0.859. The molecular weight excluding hydrogens is 226 g/mol. The van der Waals surface area contributed by atoms with Crippen molar-refractivity contribution in [1.82, 2.24) is 0 Å². The summed E-state index contributed by atoms with van der Waals surface area (Å²) >= 11 is 0. The lowest BCUT2D eigenvalue weighted by molar-refractivity contribution is -0.139. The molecule has 1 aliphatic rings. The molecule has 0 saturated heterocycles. The summed E-state index contributed by atoms with van der Waals surface area (Å²) in [6, 6.07) is 10.4. The average molecular weight is 247 g/mol. The highest BCUT2D eigenvalue weighted by Crippen LogP contribution is 2.51. The summed E-state index contributed by atoms with van der Waals surface area (Å²) in [4.78, 5) is 11.0. The number of carbonyl (C=O) groups is 1. The minimum Gasteiger partial charge on any atom is -0.481 e. The Bertz CT molecular complexity index is 418. The summed E-state index contributed by atoms with van der Waals surface area (Å²) in [6.07, 6.45) is 1.99. The maximum absolute atomic E-state index is 11.0. The fourth-order valence-electron chi connectivity index (χ4n) is 3.43. The normalized spacial score (nSPS) is 31.4. The molecule has 1 aromatic carbocycles. The second-order valence-electron chi connectivity index (χ2n) is 5.68. The van der Waals surface area contributed by atoms with Crippen molar-refractivity contribution in [2.75, 3.05) is 6.54 Å². The lowest BCUT2D eigenvalue weighted by Gasteiger charge is -2.25. The van der Waals surface area contributed by atoms with Crippen LogP contribution < -0.4 is 5.73 Å². The van der Waals surface area contributed by atoms with Gasteiger partial charge in [-0.15, -0.1) is 0 Å². The molecule has 18 heavy (non-hydrogen) atoms. The van der Waals surface area contributed by atoms with Gasteiger partial charge < -0.3 is 10.8 Å². The summed E-state index contributed by atoms with van der Waals surface area (Å²) in [5.74, 6) is 0.200. The van der Waals surface area contributed by atoms with Crippen molar-refractivity contribution in [3.05, 3.63) is 35.9 Å². The van der Waals surface area contributed by atoms with Crippen molar-refractivity contribution in [2.45, 2.75) is 32.1 Å². The van der Waals surface area contributed by atoms with Crippen molar-refractivity contribution in [3.63, 3.8) is 0 Å². The zero-order valence-corrected chi connectivity index (χ0v) is 10.8. The highest BCUT2D eigenvalue weighted by molar-refractivity contribution is 5.68. The van der Waals surface area contributed by atoms with E-state index in [1.165, 1.54) is 5.56 Å². The molecule has 0 heterocycles. The van der Waals surface area contributed by atoms with E-state index >= 15 is 0 Å². The third-order valence-corrected chi connectivity index (χ3v) is 4.28. The molecule has 0 aromatic heterocycles. The summed E-state index contributed by atoms with van der Waals surface area (Å²) in [5, 5.41) is 9.06. The Morgan fingerprint density at radius 1 is 1.39 bits per heavy atom. The number of rotatable bonds is 4. The minimum atomic E-state index is -0.735. The second kappa shape index (κ2) is 5.11. The van der Waals surface area contributed by atoms with Gasteiger partial charge in [-0.1, -0.05) is 37.3 Å². The molecule has 3 N–H and O–H groups in total. The van der Waals surface area contributed by atoms with Crippen molar-refractivity contribution in [2.24, 2.45) is 17.1 Å². The number of carboxylic acid groups (broad SMARTS) is 1. The molecule has 2 rings (SSSR count). The topological polar surface area (TPSA) is 63.3 Å². The van der Waals surface area contributed by atoms with Gasteiger partial charge in [-0.25, -0.2) is 0 Å². The number of hydrogen-bond donors (Lipinski definition) is 2. The first-order valence-corrected chi connectivity index (χ1v) is 6.53. The molecule has 3 atom stereocenters. The van der Waals surface area contributed by atoms with Crippen LogP contribution in [0, 0.1) is 11.3 Å². The van der Waals surface area contributed by atoms with Crippen LogP contribution in [0.5, 0.6) is 0 Å². The Balaban J connectivity index is 2.19. The molecule has 0 unspecified atom stereocenters. The first kappa shape index (κ1) is 13.1. The molecule has 0 bridgehead atoms. The van der Waals surface area contributed by atoms with Gasteiger partial charge in [-0.2, -0.15) is 0 Å². The molecule has 0 spiro atoms. The van der Waals surface area contributed by atoms with Crippen LogP contribution in [0.15, 0.2) is 30.3 Å². The van der Waals surface area contributed by atoms with Crippen LogP contribution in [0.4, 0.5) is 0 Å². The molecule has 3 heteroatoms. The Hall–Kier alpha value is -1.35. The Morgan fingerprint density at radius 2 is 2.06 bits per heavy atom.